The van der Waals surface area contributed by atoms with Crippen molar-refractivity contribution in [3.05, 3.63) is 29.8 Å². The summed E-state index contributed by atoms with van der Waals surface area (Å²) in [6, 6.07) is 6.39. The minimum absolute atomic E-state index is 0.0679. The summed E-state index contributed by atoms with van der Waals surface area (Å²) < 4.78 is 35.5. The van der Waals surface area contributed by atoms with Crippen molar-refractivity contribution < 1.29 is 27.6 Å². The zero-order valence-corrected chi connectivity index (χ0v) is 22.7. The van der Waals surface area contributed by atoms with Gasteiger partial charge in [0, 0.05) is 0 Å². The Labute approximate surface area is 213 Å². The molecule has 0 bridgehead atoms. The van der Waals surface area contributed by atoms with Crippen LogP contribution in [-0.4, -0.2) is 49.7 Å². The summed E-state index contributed by atoms with van der Waals surface area (Å²) >= 11 is 0. The highest BCUT2D eigenvalue weighted by atomic mass is 32.2. The molecule has 6 nitrogen and oxygen atoms in total. The van der Waals surface area contributed by atoms with Gasteiger partial charge in [0.05, 0.1) is 29.8 Å². The molecule has 0 amide bonds. The van der Waals surface area contributed by atoms with E-state index in [-0.39, 0.29) is 17.6 Å². The Morgan fingerprint density at radius 1 is 0.829 bits per heavy atom. The standard InChI is InChI=1S/C28H48O6S/c1-3-4-5-6-7-8-9-10-11-12-13-14-15-25(29)27-20-21-28(34-27)26(30)22-33-35(31,32)24-18-16-23(2)17-19-24/h16-19,25-30H,3-15,20-22H2,1-2H3/t25-,26+,27-,28+/m1/s1. The minimum atomic E-state index is -3.93. The lowest BCUT2D eigenvalue weighted by Gasteiger charge is -2.22. The molecule has 1 fully saturated rings. The molecular formula is C28H48O6S. The van der Waals surface area contributed by atoms with Gasteiger partial charge in [-0.1, -0.05) is 102 Å². The van der Waals surface area contributed by atoms with Gasteiger partial charge >= 0.3 is 0 Å². The van der Waals surface area contributed by atoms with Gasteiger partial charge in [-0.3, -0.25) is 4.18 Å². The molecule has 2 N–H and O–H groups in total. The molecule has 0 aliphatic carbocycles. The van der Waals surface area contributed by atoms with Gasteiger partial charge in [-0.25, -0.2) is 0 Å². The lowest BCUT2D eigenvalue weighted by molar-refractivity contribution is -0.0845. The number of hydrogen-bond donors (Lipinski definition) is 2. The van der Waals surface area contributed by atoms with E-state index < -0.39 is 28.4 Å². The number of aliphatic hydroxyl groups is 2. The molecule has 0 unspecified atom stereocenters. The van der Waals surface area contributed by atoms with Crippen LogP contribution in [0.2, 0.25) is 0 Å². The molecule has 1 aliphatic heterocycles. The highest BCUT2D eigenvalue weighted by molar-refractivity contribution is 7.86. The second-order valence-electron chi connectivity index (χ2n) is 10.2. The zero-order chi connectivity index (χ0) is 25.5. The molecule has 1 aliphatic rings. The average Bonchev–Trinajstić information content (AvgIpc) is 3.34. The molecule has 0 aromatic heterocycles. The third-order valence-electron chi connectivity index (χ3n) is 7.00. The first-order valence-electron chi connectivity index (χ1n) is 13.8. The quantitative estimate of drug-likeness (QED) is 0.173. The molecule has 1 heterocycles. The van der Waals surface area contributed by atoms with E-state index in [9.17, 15) is 18.6 Å². The molecule has 1 aromatic rings. The van der Waals surface area contributed by atoms with Gasteiger partial charge in [-0.15, -0.1) is 0 Å². The lowest BCUT2D eigenvalue weighted by atomic mass is 10.0. The van der Waals surface area contributed by atoms with Crippen LogP contribution in [0, 0.1) is 6.92 Å². The summed E-state index contributed by atoms with van der Waals surface area (Å²) in [7, 11) is -3.93. The fraction of sp³-hybridized carbons (Fsp3) is 0.786. The third kappa shape index (κ3) is 11.7. The smallest absolute Gasteiger partial charge is 0.297 e. The fourth-order valence-corrected chi connectivity index (χ4v) is 5.60. The van der Waals surface area contributed by atoms with Gasteiger partial charge in [0.25, 0.3) is 10.1 Å². The zero-order valence-electron chi connectivity index (χ0n) is 21.9. The molecule has 0 spiro atoms. The van der Waals surface area contributed by atoms with Crippen molar-refractivity contribution in [1.82, 2.24) is 0 Å². The SMILES string of the molecule is CCCCCCCCCCCCCC[C@@H](O)[C@H]1CC[C@@H]([C@@H](O)COS(=O)(=O)c2ccc(C)cc2)O1. The summed E-state index contributed by atoms with van der Waals surface area (Å²) in [6.07, 6.45) is 14.9. The summed E-state index contributed by atoms with van der Waals surface area (Å²) in [5.74, 6) is 0. The van der Waals surface area contributed by atoms with Crippen molar-refractivity contribution in [3.63, 3.8) is 0 Å². The van der Waals surface area contributed by atoms with Crippen LogP contribution in [0.15, 0.2) is 29.2 Å². The van der Waals surface area contributed by atoms with E-state index >= 15 is 0 Å². The maximum absolute atomic E-state index is 12.3. The van der Waals surface area contributed by atoms with Gasteiger partial charge in [0.2, 0.25) is 0 Å². The molecule has 1 aromatic carbocycles. The summed E-state index contributed by atoms with van der Waals surface area (Å²) in [5.41, 5.74) is 0.955. The molecule has 2 rings (SSSR count). The van der Waals surface area contributed by atoms with Crippen LogP contribution >= 0.6 is 0 Å². The van der Waals surface area contributed by atoms with Crippen LogP contribution in [0.1, 0.15) is 109 Å². The monoisotopic (exact) mass is 512 g/mol. The first-order valence-corrected chi connectivity index (χ1v) is 15.2. The minimum Gasteiger partial charge on any atom is -0.390 e. The molecule has 202 valence electrons. The molecule has 0 radical (unpaired) electrons. The first kappa shape index (κ1) is 30.2. The Bertz CT molecular complexity index is 779. The highest BCUT2D eigenvalue weighted by Crippen LogP contribution is 2.27. The Morgan fingerprint density at radius 3 is 1.86 bits per heavy atom. The largest absolute Gasteiger partial charge is 0.390 e. The predicted octanol–water partition coefficient (Wildman–Crippen LogP) is 6.06. The number of benzene rings is 1. The molecule has 35 heavy (non-hydrogen) atoms. The van der Waals surface area contributed by atoms with Crippen LogP contribution in [0.25, 0.3) is 0 Å². The molecule has 7 heteroatoms. The van der Waals surface area contributed by atoms with E-state index in [4.69, 9.17) is 8.92 Å². The number of aliphatic hydroxyl groups excluding tert-OH is 2. The highest BCUT2D eigenvalue weighted by Gasteiger charge is 2.35. The van der Waals surface area contributed by atoms with Crippen LogP contribution in [-0.2, 0) is 19.0 Å². The molecule has 4 atom stereocenters. The lowest BCUT2D eigenvalue weighted by Crippen LogP contribution is -2.34. The van der Waals surface area contributed by atoms with Crippen LogP contribution in [0.3, 0.4) is 0 Å². The maximum Gasteiger partial charge on any atom is 0.297 e. The van der Waals surface area contributed by atoms with Crippen LogP contribution in [0.4, 0.5) is 0 Å². The van der Waals surface area contributed by atoms with E-state index in [0.29, 0.717) is 19.3 Å². The van der Waals surface area contributed by atoms with Crippen molar-refractivity contribution in [3.8, 4) is 0 Å². The van der Waals surface area contributed by atoms with Crippen molar-refractivity contribution in [1.29, 1.82) is 0 Å². The Hall–Kier alpha value is -0.990. The van der Waals surface area contributed by atoms with Crippen LogP contribution in [0.5, 0.6) is 0 Å². The maximum atomic E-state index is 12.3. The average molecular weight is 513 g/mol. The van der Waals surface area contributed by atoms with Gasteiger partial charge < -0.3 is 14.9 Å². The fourth-order valence-electron chi connectivity index (χ4n) is 4.68. The Balaban J connectivity index is 1.54. The van der Waals surface area contributed by atoms with Crippen molar-refractivity contribution in [2.24, 2.45) is 0 Å². The second kappa shape index (κ2) is 16.7. The van der Waals surface area contributed by atoms with Gasteiger partial charge in [-0.2, -0.15) is 8.42 Å². The first-order chi connectivity index (χ1) is 16.8. The summed E-state index contributed by atoms with van der Waals surface area (Å²) in [4.78, 5) is 0.0679. The Kier molecular flexibility index (Phi) is 14.4. The topological polar surface area (TPSA) is 93.1 Å². The number of unbranched alkanes of at least 4 members (excludes halogenated alkanes) is 11. The molecular weight excluding hydrogens is 464 g/mol. The van der Waals surface area contributed by atoms with Crippen molar-refractivity contribution in [2.75, 3.05) is 6.61 Å². The van der Waals surface area contributed by atoms with E-state index in [1.165, 1.54) is 76.3 Å². The number of hydrogen-bond acceptors (Lipinski definition) is 6. The molecule has 1 saturated heterocycles. The van der Waals surface area contributed by atoms with Crippen LogP contribution < -0.4 is 0 Å². The number of rotatable bonds is 19. The summed E-state index contributed by atoms with van der Waals surface area (Å²) in [6.45, 7) is 3.77. The van der Waals surface area contributed by atoms with Gasteiger partial charge in [0.1, 0.15) is 6.10 Å². The van der Waals surface area contributed by atoms with E-state index in [1.807, 2.05) is 6.92 Å². The second-order valence-corrected chi connectivity index (χ2v) is 11.8. The van der Waals surface area contributed by atoms with Gasteiger partial charge in [-0.05, 0) is 38.3 Å². The van der Waals surface area contributed by atoms with E-state index in [1.54, 1.807) is 12.1 Å². The third-order valence-corrected chi connectivity index (χ3v) is 8.30. The van der Waals surface area contributed by atoms with Gasteiger partial charge in [0.15, 0.2) is 0 Å². The number of aryl methyl sites for hydroxylation is 1. The van der Waals surface area contributed by atoms with Crippen molar-refractivity contribution in [2.45, 2.75) is 139 Å². The molecule has 0 saturated carbocycles. The predicted molar refractivity (Wildman–Crippen MR) is 140 cm³/mol. The number of ether oxygens (including phenoxy) is 1. The summed E-state index contributed by atoms with van der Waals surface area (Å²) in [5, 5.41) is 20.9. The van der Waals surface area contributed by atoms with Crippen molar-refractivity contribution >= 4 is 10.1 Å². The van der Waals surface area contributed by atoms with E-state index in [2.05, 4.69) is 6.92 Å². The normalized spacial score (nSPS) is 20.2. The Morgan fingerprint density at radius 2 is 1.31 bits per heavy atom. The van der Waals surface area contributed by atoms with E-state index in [0.717, 1.165) is 18.4 Å².